The summed E-state index contributed by atoms with van der Waals surface area (Å²) in [6.07, 6.45) is 4.75. The molecule has 2 rings (SSSR count). The average Bonchev–Trinajstić information content (AvgIpc) is 2.50. The third-order valence-electron chi connectivity index (χ3n) is 4.61. The van der Waals surface area contributed by atoms with Crippen LogP contribution in [0.1, 0.15) is 56.6 Å². The average molecular weight is 273 g/mol. The highest BCUT2D eigenvalue weighted by atomic mass is 16.1. The summed E-state index contributed by atoms with van der Waals surface area (Å²) in [6, 6.07) is 9.10. The number of rotatable bonds is 6. The zero-order chi connectivity index (χ0) is 14.4. The normalized spacial score (nSPS) is 16.9. The van der Waals surface area contributed by atoms with Gasteiger partial charge in [0, 0.05) is 19.4 Å². The molecule has 110 valence electrons. The molecule has 0 bridgehead atoms. The smallest absolute Gasteiger partial charge is 0.132 e. The molecule has 0 N–H and O–H groups in total. The largest absolute Gasteiger partial charge is 0.304 e. The molecule has 0 aliphatic heterocycles. The number of carbonyl (C=O) groups excluding carboxylic acids is 1. The Morgan fingerprint density at radius 1 is 1.05 bits per heavy atom. The highest BCUT2D eigenvalue weighted by molar-refractivity contribution is 5.79. The van der Waals surface area contributed by atoms with Crippen molar-refractivity contribution in [1.82, 2.24) is 4.90 Å². The van der Waals surface area contributed by atoms with E-state index >= 15 is 0 Å². The molecule has 2 nitrogen and oxygen atoms in total. The number of benzene rings is 1. The van der Waals surface area contributed by atoms with E-state index in [1.807, 2.05) is 0 Å². The van der Waals surface area contributed by atoms with Crippen LogP contribution in [0.25, 0.3) is 0 Å². The van der Waals surface area contributed by atoms with Crippen LogP contribution in [-0.4, -0.2) is 30.3 Å². The highest BCUT2D eigenvalue weighted by Gasteiger charge is 2.19. The molecular weight excluding hydrogens is 246 g/mol. The monoisotopic (exact) mass is 273 g/mol. The summed E-state index contributed by atoms with van der Waals surface area (Å²) in [4.78, 5) is 13.8. The summed E-state index contributed by atoms with van der Waals surface area (Å²) in [6.45, 7) is 7.84. The van der Waals surface area contributed by atoms with Crippen molar-refractivity contribution in [1.29, 1.82) is 0 Å². The Hall–Kier alpha value is -1.15. The maximum Gasteiger partial charge on any atom is 0.132 e. The van der Waals surface area contributed by atoms with Crippen LogP contribution < -0.4 is 0 Å². The van der Waals surface area contributed by atoms with Gasteiger partial charge in [-0.15, -0.1) is 0 Å². The summed E-state index contributed by atoms with van der Waals surface area (Å²) in [7, 11) is 0. The molecule has 1 aliphatic rings. The first-order valence-corrected chi connectivity index (χ1v) is 8.05. The van der Waals surface area contributed by atoms with Gasteiger partial charge in [-0.1, -0.05) is 38.1 Å². The third-order valence-corrected chi connectivity index (χ3v) is 4.61. The van der Waals surface area contributed by atoms with E-state index in [1.165, 1.54) is 11.1 Å². The van der Waals surface area contributed by atoms with Crippen LogP contribution in [0.2, 0.25) is 0 Å². The van der Waals surface area contributed by atoms with Gasteiger partial charge < -0.3 is 4.90 Å². The zero-order valence-electron chi connectivity index (χ0n) is 12.9. The van der Waals surface area contributed by atoms with Crippen LogP contribution in [0, 0.1) is 0 Å². The zero-order valence-corrected chi connectivity index (χ0v) is 12.9. The lowest BCUT2D eigenvalue weighted by atomic mass is 9.83. The SMILES string of the molecule is CCN(CC)CCc1ccc(C2CCC(=O)CC2)cc1. The van der Waals surface area contributed by atoms with Gasteiger partial charge in [-0.05, 0) is 49.4 Å². The van der Waals surface area contributed by atoms with Crippen molar-refractivity contribution >= 4 is 5.78 Å². The van der Waals surface area contributed by atoms with Crippen molar-refractivity contribution in [2.75, 3.05) is 19.6 Å². The van der Waals surface area contributed by atoms with Crippen molar-refractivity contribution in [2.24, 2.45) is 0 Å². The maximum absolute atomic E-state index is 11.3. The van der Waals surface area contributed by atoms with E-state index in [4.69, 9.17) is 0 Å². The molecule has 0 spiro atoms. The Morgan fingerprint density at radius 3 is 2.20 bits per heavy atom. The van der Waals surface area contributed by atoms with Gasteiger partial charge >= 0.3 is 0 Å². The molecule has 0 heterocycles. The minimum absolute atomic E-state index is 0.442. The molecule has 0 unspecified atom stereocenters. The fourth-order valence-corrected chi connectivity index (χ4v) is 3.06. The molecule has 1 aromatic rings. The van der Waals surface area contributed by atoms with Crippen molar-refractivity contribution < 1.29 is 4.79 Å². The topological polar surface area (TPSA) is 20.3 Å². The molecule has 20 heavy (non-hydrogen) atoms. The fraction of sp³-hybridized carbons (Fsp3) is 0.611. The summed E-state index contributed by atoms with van der Waals surface area (Å²) in [5.41, 5.74) is 2.84. The van der Waals surface area contributed by atoms with E-state index in [0.29, 0.717) is 11.7 Å². The number of likely N-dealkylation sites (N-methyl/N-ethyl adjacent to an activating group) is 1. The van der Waals surface area contributed by atoms with Crippen molar-refractivity contribution in [2.45, 2.75) is 51.9 Å². The lowest BCUT2D eigenvalue weighted by Gasteiger charge is -2.22. The first-order chi connectivity index (χ1) is 9.72. The van der Waals surface area contributed by atoms with Gasteiger partial charge in [0.2, 0.25) is 0 Å². The summed E-state index contributed by atoms with van der Waals surface area (Å²) >= 11 is 0. The predicted molar refractivity (Wildman–Crippen MR) is 84.2 cm³/mol. The van der Waals surface area contributed by atoms with Crippen LogP contribution in [0.4, 0.5) is 0 Å². The predicted octanol–water partition coefficient (Wildman–Crippen LogP) is 3.80. The molecule has 1 saturated carbocycles. The van der Waals surface area contributed by atoms with E-state index in [2.05, 4.69) is 43.0 Å². The van der Waals surface area contributed by atoms with E-state index < -0.39 is 0 Å². The summed E-state index contributed by atoms with van der Waals surface area (Å²) in [5, 5.41) is 0. The maximum atomic E-state index is 11.3. The van der Waals surface area contributed by atoms with Crippen molar-refractivity contribution in [3.63, 3.8) is 0 Å². The van der Waals surface area contributed by atoms with Crippen LogP contribution in [0.5, 0.6) is 0 Å². The van der Waals surface area contributed by atoms with Gasteiger partial charge in [0.1, 0.15) is 5.78 Å². The van der Waals surface area contributed by atoms with Crippen LogP contribution >= 0.6 is 0 Å². The Bertz CT molecular complexity index is 410. The van der Waals surface area contributed by atoms with E-state index in [0.717, 1.165) is 51.7 Å². The molecule has 2 heteroatoms. The first kappa shape index (κ1) is 15.2. The Morgan fingerprint density at radius 2 is 1.65 bits per heavy atom. The van der Waals surface area contributed by atoms with Gasteiger partial charge in [-0.2, -0.15) is 0 Å². The molecule has 1 aliphatic carbocycles. The molecule has 0 saturated heterocycles. The molecule has 1 aromatic carbocycles. The Balaban J connectivity index is 1.88. The number of Topliss-reactive ketones (excluding diaryl/α,β-unsaturated/α-hetero) is 1. The standard InChI is InChI=1S/C18H27NO/c1-3-19(4-2)14-13-15-5-7-16(8-6-15)17-9-11-18(20)12-10-17/h5-8,17H,3-4,9-14H2,1-2H3. The molecular formula is C18H27NO. The summed E-state index contributed by atoms with van der Waals surface area (Å²) in [5.74, 6) is 1.04. The first-order valence-electron chi connectivity index (χ1n) is 8.05. The van der Waals surface area contributed by atoms with E-state index in [9.17, 15) is 4.79 Å². The molecule has 0 aromatic heterocycles. The second-order valence-electron chi connectivity index (χ2n) is 5.83. The number of nitrogens with zero attached hydrogens (tertiary/aromatic N) is 1. The van der Waals surface area contributed by atoms with Crippen molar-refractivity contribution in [3.05, 3.63) is 35.4 Å². The third kappa shape index (κ3) is 4.17. The van der Waals surface area contributed by atoms with E-state index in [1.54, 1.807) is 0 Å². The molecule has 0 atom stereocenters. The van der Waals surface area contributed by atoms with Gasteiger partial charge in [0.15, 0.2) is 0 Å². The molecule has 1 fully saturated rings. The van der Waals surface area contributed by atoms with Crippen LogP contribution in [0.15, 0.2) is 24.3 Å². The highest BCUT2D eigenvalue weighted by Crippen LogP contribution is 2.31. The second kappa shape index (κ2) is 7.58. The van der Waals surface area contributed by atoms with Crippen LogP contribution in [0.3, 0.4) is 0 Å². The summed E-state index contributed by atoms with van der Waals surface area (Å²) < 4.78 is 0. The Kier molecular flexibility index (Phi) is 5.78. The lowest BCUT2D eigenvalue weighted by Crippen LogP contribution is -2.25. The number of ketones is 1. The molecule has 0 amide bonds. The quantitative estimate of drug-likeness (QED) is 0.786. The lowest BCUT2D eigenvalue weighted by molar-refractivity contribution is -0.120. The van der Waals surface area contributed by atoms with Gasteiger partial charge in [0.05, 0.1) is 0 Å². The second-order valence-corrected chi connectivity index (χ2v) is 5.83. The fourth-order valence-electron chi connectivity index (χ4n) is 3.06. The minimum Gasteiger partial charge on any atom is -0.304 e. The number of hydrogen-bond donors (Lipinski definition) is 0. The number of carbonyl (C=O) groups is 1. The van der Waals surface area contributed by atoms with Gasteiger partial charge in [0.25, 0.3) is 0 Å². The van der Waals surface area contributed by atoms with Crippen molar-refractivity contribution in [3.8, 4) is 0 Å². The van der Waals surface area contributed by atoms with E-state index in [-0.39, 0.29) is 0 Å². The number of hydrogen-bond acceptors (Lipinski definition) is 2. The van der Waals surface area contributed by atoms with Crippen LogP contribution in [-0.2, 0) is 11.2 Å². The Labute approximate surface area is 123 Å². The minimum atomic E-state index is 0.442. The van der Waals surface area contributed by atoms with Gasteiger partial charge in [-0.3, -0.25) is 4.79 Å². The van der Waals surface area contributed by atoms with Gasteiger partial charge in [-0.25, -0.2) is 0 Å². The molecule has 0 radical (unpaired) electrons.